The number of nitrogens with one attached hydrogen (secondary N) is 1. The van der Waals surface area contributed by atoms with Gasteiger partial charge in [-0.25, -0.2) is 5.43 Å². The SMILES string of the molecule is O=C(NN=Cc1cc([N+](=O)[O-])cc(Br)c1O)c1ccc(Br)cc1. The summed E-state index contributed by atoms with van der Waals surface area (Å²) in [6.07, 6.45) is 1.13. The van der Waals surface area contributed by atoms with E-state index in [0.717, 1.165) is 16.8 Å². The number of benzene rings is 2. The normalized spacial score (nSPS) is 10.7. The summed E-state index contributed by atoms with van der Waals surface area (Å²) in [5.41, 5.74) is 2.57. The maximum Gasteiger partial charge on any atom is 0.271 e. The number of carbonyl (C=O) groups excluding carboxylic acids is 1. The Morgan fingerprint density at radius 3 is 2.52 bits per heavy atom. The number of non-ortho nitro benzene ring substituents is 1. The number of hydrogen-bond donors (Lipinski definition) is 2. The molecule has 0 aliphatic heterocycles. The van der Waals surface area contributed by atoms with Gasteiger partial charge in [0.1, 0.15) is 5.75 Å². The van der Waals surface area contributed by atoms with E-state index in [4.69, 9.17) is 0 Å². The van der Waals surface area contributed by atoms with Gasteiger partial charge in [-0.05, 0) is 40.2 Å². The standard InChI is InChI=1S/C14H9Br2N3O4/c15-10-3-1-8(2-4-10)14(21)18-17-7-9-5-11(19(22)23)6-12(16)13(9)20/h1-7,20H,(H,18,21). The van der Waals surface area contributed by atoms with Crippen LogP contribution in [-0.4, -0.2) is 22.2 Å². The lowest BCUT2D eigenvalue weighted by Crippen LogP contribution is -2.17. The number of amides is 1. The van der Waals surface area contributed by atoms with Crippen molar-refractivity contribution in [1.29, 1.82) is 0 Å². The summed E-state index contributed by atoms with van der Waals surface area (Å²) in [6, 6.07) is 8.96. The number of phenolic OH excluding ortho intramolecular Hbond substituents is 1. The van der Waals surface area contributed by atoms with Gasteiger partial charge in [-0.2, -0.15) is 5.10 Å². The molecule has 2 aromatic carbocycles. The van der Waals surface area contributed by atoms with Gasteiger partial charge in [0.25, 0.3) is 11.6 Å². The van der Waals surface area contributed by atoms with E-state index in [9.17, 15) is 20.0 Å². The van der Waals surface area contributed by atoms with E-state index in [1.807, 2.05) is 0 Å². The molecule has 7 nitrogen and oxygen atoms in total. The Hall–Kier alpha value is -2.26. The molecule has 1 amide bonds. The molecule has 0 heterocycles. The predicted molar refractivity (Wildman–Crippen MR) is 91.7 cm³/mol. The van der Waals surface area contributed by atoms with Gasteiger partial charge in [-0.1, -0.05) is 15.9 Å². The van der Waals surface area contributed by atoms with Crippen molar-refractivity contribution in [2.24, 2.45) is 5.10 Å². The zero-order chi connectivity index (χ0) is 17.0. The zero-order valence-corrected chi connectivity index (χ0v) is 14.5. The molecule has 9 heteroatoms. The van der Waals surface area contributed by atoms with Crippen LogP contribution in [-0.2, 0) is 0 Å². The van der Waals surface area contributed by atoms with Gasteiger partial charge in [0.05, 0.1) is 15.6 Å². The number of nitro groups is 1. The second-order valence-electron chi connectivity index (χ2n) is 4.33. The number of nitrogens with zero attached hydrogens (tertiary/aromatic N) is 2. The topological polar surface area (TPSA) is 105 Å². The van der Waals surface area contributed by atoms with Crippen LogP contribution < -0.4 is 5.43 Å². The molecule has 2 aromatic rings. The smallest absolute Gasteiger partial charge is 0.271 e. The van der Waals surface area contributed by atoms with Crippen molar-refractivity contribution in [3.8, 4) is 5.75 Å². The van der Waals surface area contributed by atoms with Gasteiger partial charge in [-0.15, -0.1) is 0 Å². The van der Waals surface area contributed by atoms with Gasteiger partial charge in [0.15, 0.2) is 0 Å². The molecule has 0 aliphatic rings. The number of aromatic hydroxyl groups is 1. The highest BCUT2D eigenvalue weighted by atomic mass is 79.9. The van der Waals surface area contributed by atoms with Crippen molar-refractivity contribution in [2.75, 3.05) is 0 Å². The molecule has 0 spiro atoms. The average molecular weight is 443 g/mol. The van der Waals surface area contributed by atoms with Crippen molar-refractivity contribution in [2.45, 2.75) is 0 Å². The van der Waals surface area contributed by atoms with Crippen LogP contribution in [0.2, 0.25) is 0 Å². The average Bonchev–Trinajstić information content (AvgIpc) is 2.51. The number of halogens is 2. The Kier molecular flexibility index (Phi) is 5.45. The minimum atomic E-state index is -0.595. The molecule has 0 aromatic heterocycles. The van der Waals surface area contributed by atoms with Crippen LogP contribution in [0.1, 0.15) is 15.9 Å². The molecule has 0 bridgehead atoms. The number of phenols is 1. The van der Waals surface area contributed by atoms with Crippen LogP contribution in [0.3, 0.4) is 0 Å². The Bertz CT molecular complexity index is 791. The molecule has 0 saturated carbocycles. The van der Waals surface area contributed by atoms with E-state index in [1.54, 1.807) is 24.3 Å². The fourth-order valence-electron chi connectivity index (χ4n) is 1.64. The van der Waals surface area contributed by atoms with Crippen LogP contribution in [0.5, 0.6) is 5.75 Å². The molecule has 0 unspecified atom stereocenters. The third kappa shape index (κ3) is 4.36. The summed E-state index contributed by atoms with van der Waals surface area (Å²) < 4.78 is 0.997. The molecular weight excluding hydrogens is 434 g/mol. The lowest BCUT2D eigenvalue weighted by Gasteiger charge is -2.03. The monoisotopic (exact) mass is 441 g/mol. The maximum absolute atomic E-state index is 11.9. The quantitative estimate of drug-likeness (QED) is 0.428. The minimum Gasteiger partial charge on any atom is -0.506 e. The molecule has 118 valence electrons. The number of rotatable bonds is 4. The Morgan fingerprint density at radius 1 is 1.26 bits per heavy atom. The molecule has 2 rings (SSSR count). The highest BCUT2D eigenvalue weighted by Gasteiger charge is 2.13. The zero-order valence-electron chi connectivity index (χ0n) is 11.4. The summed E-state index contributed by atoms with van der Waals surface area (Å²) in [6.45, 7) is 0. The summed E-state index contributed by atoms with van der Waals surface area (Å²) in [4.78, 5) is 22.1. The molecule has 2 N–H and O–H groups in total. The highest BCUT2D eigenvalue weighted by molar-refractivity contribution is 9.10. The minimum absolute atomic E-state index is 0.0992. The Balaban J connectivity index is 2.15. The summed E-state index contributed by atoms with van der Waals surface area (Å²) in [5, 5.41) is 24.3. The highest BCUT2D eigenvalue weighted by Crippen LogP contribution is 2.31. The van der Waals surface area contributed by atoms with Gasteiger partial charge in [-0.3, -0.25) is 14.9 Å². The van der Waals surface area contributed by atoms with E-state index in [-0.39, 0.29) is 21.5 Å². The Morgan fingerprint density at radius 2 is 1.91 bits per heavy atom. The summed E-state index contributed by atoms with van der Waals surface area (Å²) in [5.74, 6) is -0.657. The first-order chi connectivity index (χ1) is 10.9. The third-order valence-electron chi connectivity index (χ3n) is 2.76. The van der Waals surface area contributed by atoms with Crippen LogP contribution in [0.15, 0.2) is 50.4 Å². The van der Waals surface area contributed by atoms with Crippen LogP contribution >= 0.6 is 31.9 Å². The number of hydrazone groups is 1. The van der Waals surface area contributed by atoms with Crippen molar-refractivity contribution in [3.63, 3.8) is 0 Å². The molecule has 0 radical (unpaired) electrons. The van der Waals surface area contributed by atoms with Gasteiger partial charge in [0.2, 0.25) is 0 Å². The van der Waals surface area contributed by atoms with Crippen molar-refractivity contribution >= 4 is 49.7 Å². The van der Waals surface area contributed by atoms with Crippen LogP contribution in [0.25, 0.3) is 0 Å². The van der Waals surface area contributed by atoms with Gasteiger partial charge < -0.3 is 5.11 Å². The first-order valence-corrected chi connectivity index (χ1v) is 7.73. The second-order valence-corrected chi connectivity index (χ2v) is 6.10. The number of carbonyl (C=O) groups is 1. The van der Waals surface area contributed by atoms with Gasteiger partial charge in [0, 0.05) is 27.7 Å². The van der Waals surface area contributed by atoms with Crippen LogP contribution in [0, 0.1) is 10.1 Å². The third-order valence-corrected chi connectivity index (χ3v) is 3.90. The summed E-state index contributed by atoms with van der Waals surface area (Å²) in [7, 11) is 0. The number of nitro benzene ring substituents is 1. The Labute approximate surface area is 147 Å². The predicted octanol–water partition coefficient (Wildman–Crippen LogP) is 3.59. The van der Waals surface area contributed by atoms with Crippen molar-refractivity contribution in [1.82, 2.24) is 5.43 Å². The maximum atomic E-state index is 11.9. The van der Waals surface area contributed by atoms with E-state index < -0.39 is 10.8 Å². The van der Waals surface area contributed by atoms with Crippen LogP contribution in [0.4, 0.5) is 5.69 Å². The molecular formula is C14H9Br2N3O4. The molecule has 0 saturated heterocycles. The molecule has 0 aliphatic carbocycles. The fourth-order valence-corrected chi connectivity index (χ4v) is 2.36. The van der Waals surface area contributed by atoms with Crippen molar-refractivity contribution < 1.29 is 14.8 Å². The second kappa shape index (κ2) is 7.34. The fraction of sp³-hybridized carbons (Fsp3) is 0. The molecule has 23 heavy (non-hydrogen) atoms. The summed E-state index contributed by atoms with van der Waals surface area (Å²) >= 11 is 6.28. The first kappa shape index (κ1) is 17.1. The lowest BCUT2D eigenvalue weighted by molar-refractivity contribution is -0.385. The largest absolute Gasteiger partial charge is 0.506 e. The lowest BCUT2D eigenvalue weighted by atomic mass is 10.2. The first-order valence-electron chi connectivity index (χ1n) is 6.14. The van der Waals surface area contributed by atoms with Gasteiger partial charge >= 0.3 is 0 Å². The molecule has 0 fully saturated rings. The van der Waals surface area contributed by atoms with Crippen molar-refractivity contribution in [3.05, 3.63) is 66.6 Å². The van der Waals surface area contributed by atoms with E-state index in [0.29, 0.717) is 5.56 Å². The molecule has 0 atom stereocenters. The van der Waals surface area contributed by atoms with E-state index in [2.05, 4.69) is 42.4 Å². The van der Waals surface area contributed by atoms with E-state index in [1.165, 1.54) is 6.07 Å². The van der Waals surface area contributed by atoms with E-state index >= 15 is 0 Å². The number of hydrogen-bond acceptors (Lipinski definition) is 5.